The molecule has 0 fully saturated rings. The molecule has 0 bridgehead atoms. The summed E-state index contributed by atoms with van der Waals surface area (Å²) in [6, 6.07) is 8.26. The van der Waals surface area contributed by atoms with Crippen molar-refractivity contribution in [2.75, 3.05) is 5.73 Å². The number of nitrogens with two attached hydrogens (primary N) is 1. The fourth-order valence-electron chi connectivity index (χ4n) is 2.07. The zero-order valence-electron chi connectivity index (χ0n) is 10.1. The van der Waals surface area contributed by atoms with E-state index in [9.17, 15) is 0 Å². The third-order valence-electron chi connectivity index (χ3n) is 2.98. The Morgan fingerprint density at radius 1 is 1.25 bits per heavy atom. The van der Waals surface area contributed by atoms with E-state index in [1.165, 1.54) is 23.7 Å². The number of hydrogen-bond acceptors (Lipinski definition) is 1. The lowest BCUT2D eigenvalue weighted by molar-refractivity contribution is 0.518. The van der Waals surface area contributed by atoms with E-state index in [-0.39, 0.29) is 0 Å². The van der Waals surface area contributed by atoms with Crippen LogP contribution in [0.5, 0.6) is 0 Å². The number of nitrogens with zero attached hydrogens (tertiary/aromatic N) is 1. The molecular weight excluding hydrogens is 196 g/mol. The van der Waals surface area contributed by atoms with E-state index in [0.29, 0.717) is 0 Å². The predicted molar refractivity (Wildman–Crippen MR) is 70.4 cm³/mol. The smallest absolute Gasteiger partial charge is 0.0500 e. The van der Waals surface area contributed by atoms with Crippen LogP contribution in [0.3, 0.4) is 0 Å². The molecule has 0 aliphatic carbocycles. The summed E-state index contributed by atoms with van der Waals surface area (Å²) in [5, 5.41) is 1.28. The van der Waals surface area contributed by atoms with Crippen LogP contribution >= 0.6 is 0 Å². The first-order valence-corrected chi connectivity index (χ1v) is 6.01. The van der Waals surface area contributed by atoms with Gasteiger partial charge < -0.3 is 10.3 Å². The van der Waals surface area contributed by atoms with E-state index >= 15 is 0 Å². The fourth-order valence-corrected chi connectivity index (χ4v) is 2.07. The monoisotopic (exact) mass is 216 g/mol. The van der Waals surface area contributed by atoms with Crippen molar-refractivity contribution in [2.45, 2.75) is 33.2 Å². The van der Waals surface area contributed by atoms with Crippen LogP contribution in [0.15, 0.2) is 30.5 Å². The van der Waals surface area contributed by atoms with Crippen LogP contribution in [0.2, 0.25) is 0 Å². The number of rotatable bonds is 4. The minimum Gasteiger partial charge on any atom is -0.399 e. The highest BCUT2D eigenvalue weighted by Crippen LogP contribution is 2.19. The van der Waals surface area contributed by atoms with Gasteiger partial charge in [-0.05, 0) is 42.3 Å². The van der Waals surface area contributed by atoms with Crippen molar-refractivity contribution in [3.05, 3.63) is 30.5 Å². The zero-order chi connectivity index (χ0) is 11.5. The van der Waals surface area contributed by atoms with Gasteiger partial charge in [-0.25, -0.2) is 0 Å². The molecule has 2 rings (SSSR count). The van der Waals surface area contributed by atoms with Gasteiger partial charge >= 0.3 is 0 Å². The van der Waals surface area contributed by atoms with Crippen molar-refractivity contribution in [2.24, 2.45) is 5.92 Å². The van der Waals surface area contributed by atoms with Gasteiger partial charge in [0.15, 0.2) is 0 Å². The van der Waals surface area contributed by atoms with Gasteiger partial charge in [-0.1, -0.05) is 19.9 Å². The Kier molecular flexibility index (Phi) is 3.18. The van der Waals surface area contributed by atoms with Crippen molar-refractivity contribution in [1.82, 2.24) is 4.57 Å². The molecule has 1 aromatic heterocycles. The van der Waals surface area contributed by atoms with Gasteiger partial charge in [0.1, 0.15) is 0 Å². The molecule has 0 saturated carbocycles. The fraction of sp³-hybridized carbons (Fsp3) is 0.429. The Bertz CT molecular complexity index is 469. The number of hydrogen-bond donors (Lipinski definition) is 1. The molecule has 0 amide bonds. The van der Waals surface area contributed by atoms with Crippen molar-refractivity contribution in [1.29, 1.82) is 0 Å². The lowest BCUT2D eigenvalue weighted by Crippen LogP contribution is -1.98. The lowest BCUT2D eigenvalue weighted by atomic mass is 10.1. The zero-order valence-corrected chi connectivity index (χ0v) is 10.1. The summed E-state index contributed by atoms with van der Waals surface area (Å²) in [5.74, 6) is 0.784. The maximum Gasteiger partial charge on any atom is 0.0500 e. The largest absolute Gasteiger partial charge is 0.399 e. The van der Waals surface area contributed by atoms with Gasteiger partial charge in [0, 0.05) is 18.4 Å². The highest BCUT2D eigenvalue weighted by atomic mass is 14.9. The minimum atomic E-state index is 0.784. The summed E-state index contributed by atoms with van der Waals surface area (Å²) in [6.45, 7) is 5.63. The van der Waals surface area contributed by atoms with Crippen molar-refractivity contribution in [3.63, 3.8) is 0 Å². The van der Waals surface area contributed by atoms with Gasteiger partial charge in [0.2, 0.25) is 0 Å². The molecule has 2 N–H and O–H groups in total. The van der Waals surface area contributed by atoms with E-state index in [4.69, 9.17) is 5.73 Å². The molecule has 0 radical (unpaired) electrons. The summed E-state index contributed by atoms with van der Waals surface area (Å²) < 4.78 is 2.30. The molecule has 0 atom stereocenters. The quantitative estimate of drug-likeness (QED) is 0.777. The second-order valence-electron chi connectivity index (χ2n) is 4.86. The number of nitrogen functional groups attached to an aromatic ring is 1. The van der Waals surface area contributed by atoms with Crippen LogP contribution in [0, 0.1) is 5.92 Å². The normalized spacial score (nSPS) is 11.4. The van der Waals surface area contributed by atoms with E-state index in [1.54, 1.807) is 0 Å². The van der Waals surface area contributed by atoms with Crippen LogP contribution in [0.1, 0.15) is 26.7 Å². The first-order chi connectivity index (χ1) is 7.66. The second kappa shape index (κ2) is 4.60. The first kappa shape index (κ1) is 11.1. The SMILES string of the molecule is CC(C)CCCn1ccc2ccc(N)cc21. The maximum absolute atomic E-state index is 5.82. The Morgan fingerprint density at radius 3 is 2.81 bits per heavy atom. The average molecular weight is 216 g/mol. The molecular formula is C14H20N2. The molecule has 0 unspecified atom stereocenters. The molecule has 1 aromatic carbocycles. The molecule has 0 aliphatic rings. The van der Waals surface area contributed by atoms with Gasteiger partial charge in [0.05, 0.1) is 5.52 Å². The number of fused-ring (bicyclic) bond motifs is 1. The third-order valence-corrected chi connectivity index (χ3v) is 2.98. The highest BCUT2D eigenvalue weighted by molar-refractivity contribution is 5.83. The lowest BCUT2D eigenvalue weighted by Gasteiger charge is -2.07. The standard InChI is InChI=1S/C14H20N2/c1-11(2)4-3-8-16-9-7-12-5-6-13(15)10-14(12)16/h5-7,9-11H,3-4,8,15H2,1-2H3. The molecule has 86 valence electrons. The van der Waals surface area contributed by atoms with E-state index in [0.717, 1.165) is 18.2 Å². The number of anilines is 1. The second-order valence-corrected chi connectivity index (χ2v) is 4.86. The van der Waals surface area contributed by atoms with Crippen LogP contribution in [0.25, 0.3) is 10.9 Å². The molecule has 0 spiro atoms. The number of aromatic nitrogens is 1. The van der Waals surface area contributed by atoms with Gasteiger partial charge in [-0.3, -0.25) is 0 Å². The Morgan fingerprint density at radius 2 is 2.06 bits per heavy atom. The van der Waals surface area contributed by atoms with E-state index in [1.807, 2.05) is 6.07 Å². The van der Waals surface area contributed by atoms with Crippen molar-refractivity contribution < 1.29 is 0 Å². The summed E-state index contributed by atoms with van der Waals surface area (Å²) >= 11 is 0. The molecule has 0 aliphatic heterocycles. The minimum absolute atomic E-state index is 0.784. The van der Waals surface area contributed by atoms with Gasteiger partial charge in [-0.2, -0.15) is 0 Å². The molecule has 2 aromatic rings. The van der Waals surface area contributed by atoms with Crippen LogP contribution < -0.4 is 5.73 Å². The van der Waals surface area contributed by atoms with E-state index < -0.39 is 0 Å². The highest BCUT2D eigenvalue weighted by Gasteiger charge is 2.01. The Hall–Kier alpha value is -1.44. The molecule has 16 heavy (non-hydrogen) atoms. The van der Waals surface area contributed by atoms with Crippen molar-refractivity contribution >= 4 is 16.6 Å². The Labute approximate surface area is 97.1 Å². The summed E-state index contributed by atoms with van der Waals surface area (Å²) in [6.07, 6.45) is 4.67. The van der Waals surface area contributed by atoms with Crippen LogP contribution in [0.4, 0.5) is 5.69 Å². The Balaban J connectivity index is 2.15. The molecule has 2 heteroatoms. The molecule has 0 saturated heterocycles. The van der Waals surface area contributed by atoms with E-state index in [2.05, 4.69) is 42.8 Å². The summed E-state index contributed by atoms with van der Waals surface area (Å²) in [5.41, 5.74) is 7.91. The topological polar surface area (TPSA) is 30.9 Å². The van der Waals surface area contributed by atoms with Crippen molar-refractivity contribution in [3.8, 4) is 0 Å². The average Bonchev–Trinajstić information content (AvgIpc) is 2.60. The molecule has 1 heterocycles. The number of benzene rings is 1. The van der Waals surface area contributed by atoms with Gasteiger partial charge in [-0.15, -0.1) is 0 Å². The summed E-state index contributed by atoms with van der Waals surface area (Å²) in [7, 11) is 0. The molecule has 2 nitrogen and oxygen atoms in total. The van der Waals surface area contributed by atoms with Crippen LogP contribution in [-0.4, -0.2) is 4.57 Å². The first-order valence-electron chi connectivity index (χ1n) is 6.01. The maximum atomic E-state index is 5.82. The predicted octanol–water partition coefficient (Wildman–Crippen LogP) is 3.66. The number of aryl methyl sites for hydroxylation is 1. The third kappa shape index (κ3) is 2.38. The van der Waals surface area contributed by atoms with Crippen LogP contribution in [-0.2, 0) is 6.54 Å². The van der Waals surface area contributed by atoms with Gasteiger partial charge in [0.25, 0.3) is 0 Å². The summed E-state index contributed by atoms with van der Waals surface area (Å²) in [4.78, 5) is 0.